The Bertz CT molecular complexity index is 669. The Balaban J connectivity index is 2.17. The number of nitrogens with one attached hydrogen (secondary N) is 2. The Morgan fingerprint density at radius 3 is 2.90 bits per heavy atom. The van der Waals surface area contributed by atoms with Crippen molar-refractivity contribution >= 4 is 34.3 Å². The van der Waals surface area contributed by atoms with Crippen molar-refractivity contribution < 1.29 is 0 Å². The number of aromatic amines is 1. The van der Waals surface area contributed by atoms with E-state index in [0.29, 0.717) is 28.3 Å². The number of rotatable bonds is 5. The molecule has 20 heavy (non-hydrogen) atoms. The van der Waals surface area contributed by atoms with Crippen LogP contribution in [0.2, 0.25) is 5.02 Å². The predicted molar refractivity (Wildman–Crippen MR) is 86.7 cm³/mol. The zero-order valence-electron chi connectivity index (χ0n) is 11.8. The molecular formula is C14H18ClN3OS. The molecule has 4 nitrogen and oxygen atoms in total. The van der Waals surface area contributed by atoms with E-state index in [4.69, 9.17) is 11.6 Å². The van der Waals surface area contributed by atoms with Crippen LogP contribution in [-0.4, -0.2) is 27.5 Å². The molecule has 0 aliphatic heterocycles. The molecule has 1 aromatic carbocycles. The van der Waals surface area contributed by atoms with Gasteiger partial charge in [0.15, 0.2) is 0 Å². The van der Waals surface area contributed by atoms with E-state index in [0.717, 1.165) is 6.54 Å². The van der Waals surface area contributed by atoms with Crippen LogP contribution in [0.1, 0.15) is 19.7 Å². The molecule has 0 saturated carbocycles. The summed E-state index contributed by atoms with van der Waals surface area (Å²) in [4.78, 5) is 19.2. The van der Waals surface area contributed by atoms with Crippen molar-refractivity contribution in [2.45, 2.75) is 25.1 Å². The molecule has 0 radical (unpaired) electrons. The van der Waals surface area contributed by atoms with Crippen LogP contribution < -0.4 is 10.9 Å². The largest absolute Gasteiger partial charge is 0.309 e. The molecule has 1 aromatic heterocycles. The van der Waals surface area contributed by atoms with Crippen molar-refractivity contribution in [2.75, 3.05) is 12.8 Å². The molecule has 0 atom stereocenters. The van der Waals surface area contributed by atoms with E-state index in [2.05, 4.69) is 35.4 Å². The topological polar surface area (TPSA) is 57.8 Å². The van der Waals surface area contributed by atoms with Crippen molar-refractivity contribution in [3.05, 3.63) is 39.4 Å². The lowest BCUT2D eigenvalue weighted by Gasteiger charge is -2.22. The van der Waals surface area contributed by atoms with Crippen LogP contribution in [0.15, 0.2) is 23.0 Å². The van der Waals surface area contributed by atoms with Crippen LogP contribution in [-0.2, 0) is 6.54 Å². The minimum atomic E-state index is -0.132. The van der Waals surface area contributed by atoms with Gasteiger partial charge in [-0.1, -0.05) is 11.6 Å². The molecule has 0 spiro atoms. The van der Waals surface area contributed by atoms with E-state index >= 15 is 0 Å². The summed E-state index contributed by atoms with van der Waals surface area (Å²) in [5.41, 5.74) is 0.495. The van der Waals surface area contributed by atoms with Gasteiger partial charge in [0, 0.05) is 16.3 Å². The Morgan fingerprint density at radius 1 is 1.45 bits per heavy atom. The quantitative estimate of drug-likeness (QED) is 0.891. The van der Waals surface area contributed by atoms with E-state index in [1.54, 1.807) is 30.0 Å². The fourth-order valence-corrected chi connectivity index (χ4v) is 2.21. The first-order valence-electron chi connectivity index (χ1n) is 6.35. The molecule has 0 aliphatic rings. The Labute approximate surface area is 127 Å². The van der Waals surface area contributed by atoms with E-state index in [1.807, 2.05) is 0 Å². The van der Waals surface area contributed by atoms with Gasteiger partial charge in [-0.15, -0.1) is 0 Å². The van der Waals surface area contributed by atoms with Gasteiger partial charge in [0.1, 0.15) is 5.82 Å². The molecule has 1 heterocycles. The third-order valence-corrected chi connectivity index (χ3v) is 4.60. The first-order chi connectivity index (χ1) is 9.41. The Morgan fingerprint density at radius 2 is 2.20 bits per heavy atom. The van der Waals surface area contributed by atoms with Crippen molar-refractivity contribution in [3.63, 3.8) is 0 Å². The molecule has 0 unspecified atom stereocenters. The zero-order valence-corrected chi connectivity index (χ0v) is 13.4. The Kier molecular flexibility index (Phi) is 4.73. The smallest absolute Gasteiger partial charge is 0.258 e. The Hall–Kier alpha value is -1.04. The van der Waals surface area contributed by atoms with Crippen LogP contribution in [0.25, 0.3) is 10.9 Å². The summed E-state index contributed by atoms with van der Waals surface area (Å²) in [6.07, 6.45) is 2.08. The first-order valence-corrected chi connectivity index (χ1v) is 7.96. The van der Waals surface area contributed by atoms with Crippen LogP contribution in [0.3, 0.4) is 0 Å². The molecule has 2 N–H and O–H groups in total. The number of benzene rings is 1. The third kappa shape index (κ3) is 3.75. The molecule has 2 aromatic rings. The maximum atomic E-state index is 12.0. The van der Waals surface area contributed by atoms with Gasteiger partial charge in [0.2, 0.25) is 0 Å². The highest BCUT2D eigenvalue weighted by molar-refractivity contribution is 7.99. The number of fused-ring (bicyclic) bond motifs is 1. The fourth-order valence-electron chi connectivity index (χ4n) is 1.80. The molecule has 108 valence electrons. The number of H-pyrrole nitrogens is 1. The summed E-state index contributed by atoms with van der Waals surface area (Å²) >= 11 is 7.73. The van der Waals surface area contributed by atoms with E-state index in [-0.39, 0.29) is 10.3 Å². The molecule has 0 amide bonds. The summed E-state index contributed by atoms with van der Waals surface area (Å²) in [7, 11) is 0. The maximum Gasteiger partial charge on any atom is 0.258 e. The highest BCUT2D eigenvalue weighted by atomic mass is 35.5. The average Bonchev–Trinajstić information content (AvgIpc) is 2.38. The second-order valence-electron chi connectivity index (χ2n) is 5.24. The minimum absolute atomic E-state index is 0.132. The molecule has 0 saturated heterocycles. The second-order valence-corrected chi connectivity index (χ2v) is 7.19. The van der Waals surface area contributed by atoms with Crippen molar-refractivity contribution in [1.82, 2.24) is 15.3 Å². The summed E-state index contributed by atoms with van der Waals surface area (Å²) in [5.74, 6) is 0.627. The first kappa shape index (κ1) is 15.4. The summed E-state index contributed by atoms with van der Waals surface area (Å²) in [6, 6.07) is 5.10. The highest BCUT2D eigenvalue weighted by Crippen LogP contribution is 2.19. The molecule has 2 rings (SSSR count). The monoisotopic (exact) mass is 311 g/mol. The number of nitrogens with zero attached hydrogens (tertiary/aromatic N) is 1. The normalized spacial score (nSPS) is 12.0. The molecule has 0 fully saturated rings. The van der Waals surface area contributed by atoms with Crippen LogP contribution in [0.4, 0.5) is 0 Å². The lowest BCUT2D eigenvalue weighted by atomic mass is 10.2. The molecule has 0 aliphatic carbocycles. The number of thioether (sulfide) groups is 1. The van der Waals surface area contributed by atoms with Gasteiger partial charge in [-0.3, -0.25) is 4.79 Å². The van der Waals surface area contributed by atoms with Crippen molar-refractivity contribution in [1.29, 1.82) is 0 Å². The fraction of sp³-hybridized carbons (Fsp3) is 0.429. The van der Waals surface area contributed by atoms with E-state index < -0.39 is 0 Å². The van der Waals surface area contributed by atoms with Crippen LogP contribution >= 0.6 is 23.4 Å². The van der Waals surface area contributed by atoms with Gasteiger partial charge in [-0.05, 0) is 38.3 Å². The lowest BCUT2D eigenvalue weighted by Crippen LogP contribution is -2.32. The third-order valence-electron chi connectivity index (χ3n) is 3.11. The minimum Gasteiger partial charge on any atom is -0.309 e. The second kappa shape index (κ2) is 6.16. The number of halogens is 1. The number of hydrogen-bond acceptors (Lipinski definition) is 4. The standard InChI is InChI=1S/C14H18ClN3OS/c1-14(2,20-3)8-16-7-12-17-11-6-9(15)4-5-10(11)13(19)18-12/h4-6,16H,7-8H2,1-3H3,(H,17,18,19). The maximum absolute atomic E-state index is 12.0. The van der Waals surface area contributed by atoms with Crippen molar-refractivity contribution in [2.24, 2.45) is 0 Å². The SMILES string of the molecule is CSC(C)(C)CNCc1nc2cc(Cl)ccc2c(=O)[nH]1. The van der Waals surface area contributed by atoms with Crippen LogP contribution in [0, 0.1) is 0 Å². The summed E-state index contributed by atoms with van der Waals surface area (Å²) < 4.78 is 0.153. The number of aromatic nitrogens is 2. The molecule has 0 bridgehead atoms. The van der Waals surface area contributed by atoms with Crippen LogP contribution in [0.5, 0.6) is 0 Å². The van der Waals surface area contributed by atoms with Gasteiger partial charge in [0.05, 0.1) is 17.4 Å². The number of hydrogen-bond donors (Lipinski definition) is 2. The van der Waals surface area contributed by atoms with Gasteiger partial charge in [-0.25, -0.2) is 4.98 Å². The molecular weight excluding hydrogens is 294 g/mol. The lowest BCUT2D eigenvalue weighted by molar-refractivity contribution is 0.578. The van der Waals surface area contributed by atoms with E-state index in [9.17, 15) is 4.79 Å². The van der Waals surface area contributed by atoms with Gasteiger partial charge in [-0.2, -0.15) is 11.8 Å². The average molecular weight is 312 g/mol. The van der Waals surface area contributed by atoms with Crippen molar-refractivity contribution in [3.8, 4) is 0 Å². The summed E-state index contributed by atoms with van der Waals surface area (Å²) in [6.45, 7) is 5.70. The zero-order chi connectivity index (χ0) is 14.8. The molecule has 6 heteroatoms. The predicted octanol–water partition coefficient (Wildman–Crippen LogP) is 2.81. The highest BCUT2D eigenvalue weighted by Gasteiger charge is 2.15. The van der Waals surface area contributed by atoms with Gasteiger partial charge < -0.3 is 10.3 Å². The van der Waals surface area contributed by atoms with Gasteiger partial charge in [0.25, 0.3) is 5.56 Å². The van der Waals surface area contributed by atoms with E-state index in [1.165, 1.54) is 0 Å². The summed E-state index contributed by atoms with van der Waals surface area (Å²) in [5, 5.41) is 4.45. The van der Waals surface area contributed by atoms with Gasteiger partial charge >= 0.3 is 0 Å².